The van der Waals surface area contributed by atoms with Gasteiger partial charge in [0.15, 0.2) is 5.15 Å². The van der Waals surface area contributed by atoms with E-state index in [2.05, 4.69) is 20.3 Å². The van der Waals surface area contributed by atoms with Crippen LogP contribution in [0.4, 0.5) is 5.82 Å². The molecule has 0 aliphatic rings. The summed E-state index contributed by atoms with van der Waals surface area (Å²) in [4.78, 5) is 12.4. The molecule has 140 valence electrons. The fourth-order valence-electron chi connectivity index (χ4n) is 2.25. The second-order valence-electron chi connectivity index (χ2n) is 5.48. The van der Waals surface area contributed by atoms with Gasteiger partial charge in [-0.1, -0.05) is 65.5 Å². The fourth-order valence-corrected chi connectivity index (χ4v) is 3.08. The molecule has 9 heteroatoms. The molecule has 27 heavy (non-hydrogen) atoms. The normalized spacial score (nSPS) is 10.7. The Balaban J connectivity index is 1.67. The van der Waals surface area contributed by atoms with Crippen LogP contribution in [0.3, 0.4) is 0 Å². The van der Waals surface area contributed by atoms with Crippen LogP contribution in [0.1, 0.15) is 18.2 Å². The Hall–Kier alpha value is -1.79. The first-order chi connectivity index (χ1) is 13.0. The minimum absolute atomic E-state index is 0.130. The van der Waals surface area contributed by atoms with Crippen LogP contribution in [0.5, 0.6) is 11.6 Å². The van der Waals surface area contributed by atoms with Gasteiger partial charge >= 0.3 is 0 Å². The van der Waals surface area contributed by atoms with Crippen molar-refractivity contribution in [3.05, 3.63) is 68.1 Å². The van der Waals surface area contributed by atoms with Gasteiger partial charge in [-0.3, -0.25) is 0 Å². The number of nitrogens with zero attached hydrogens (tertiary/aromatic N) is 3. The molecule has 2 aromatic heterocycles. The summed E-state index contributed by atoms with van der Waals surface area (Å²) < 4.78 is 5.66. The number of aryl methyl sites for hydroxylation is 1. The van der Waals surface area contributed by atoms with Crippen LogP contribution in [-0.4, -0.2) is 15.0 Å². The molecule has 0 spiro atoms. The number of hydrogen-bond donors (Lipinski definition) is 1. The molecule has 3 rings (SSSR count). The smallest absolute Gasteiger partial charge is 0.239 e. The topological polar surface area (TPSA) is 59.9 Å². The summed E-state index contributed by atoms with van der Waals surface area (Å²) in [5.74, 6) is 1.37. The van der Waals surface area contributed by atoms with Gasteiger partial charge in [0.25, 0.3) is 0 Å². The fraction of sp³-hybridized carbons (Fsp3) is 0.167. The SMILES string of the molecule is CCc1ncnc(NCc2ccc(Oc3nc(Cl)c(Cl)cc3Cl)cc2)c1Cl. The molecule has 0 amide bonds. The van der Waals surface area contributed by atoms with E-state index >= 15 is 0 Å². The Morgan fingerprint density at radius 1 is 1.00 bits per heavy atom. The summed E-state index contributed by atoms with van der Waals surface area (Å²) in [7, 11) is 0. The van der Waals surface area contributed by atoms with Crippen molar-refractivity contribution in [1.82, 2.24) is 15.0 Å². The maximum atomic E-state index is 6.28. The number of aromatic nitrogens is 3. The summed E-state index contributed by atoms with van der Waals surface area (Å²) in [6, 6.07) is 8.91. The predicted octanol–water partition coefficient (Wildman–Crippen LogP) is 6.45. The van der Waals surface area contributed by atoms with Gasteiger partial charge in [0, 0.05) is 6.54 Å². The average molecular weight is 444 g/mol. The number of benzene rings is 1. The highest BCUT2D eigenvalue weighted by Gasteiger charge is 2.11. The van der Waals surface area contributed by atoms with Crippen molar-refractivity contribution in [3.63, 3.8) is 0 Å². The summed E-state index contributed by atoms with van der Waals surface area (Å²) in [5.41, 5.74) is 1.83. The first-order valence-electron chi connectivity index (χ1n) is 7.99. The lowest BCUT2D eigenvalue weighted by Crippen LogP contribution is -2.04. The van der Waals surface area contributed by atoms with Gasteiger partial charge in [-0.15, -0.1) is 0 Å². The minimum Gasteiger partial charge on any atom is -0.437 e. The standard InChI is InChI=1S/C18H14Cl4N4O/c1-2-14-15(21)17(25-9-24-14)23-8-10-3-5-11(6-4-10)27-18-13(20)7-12(19)16(22)26-18/h3-7,9H,2,8H2,1H3,(H,23,24,25). The monoisotopic (exact) mass is 442 g/mol. The molecule has 0 aliphatic carbocycles. The molecule has 0 fully saturated rings. The van der Waals surface area contributed by atoms with Crippen molar-refractivity contribution in [2.45, 2.75) is 19.9 Å². The zero-order valence-electron chi connectivity index (χ0n) is 14.1. The Labute approximate surface area is 176 Å². The molecule has 0 aliphatic heterocycles. The highest BCUT2D eigenvalue weighted by molar-refractivity contribution is 6.42. The molecular formula is C18H14Cl4N4O. The Kier molecular flexibility index (Phi) is 6.60. The second kappa shape index (κ2) is 8.93. The molecule has 3 aromatic rings. The molecule has 0 saturated heterocycles. The molecule has 1 aromatic carbocycles. The third-order valence-corrected chi connectivity index (χ3v) is 4.99. The lowest BCUT2D eigenvalue weighted by Gasteiger charge is -2.10. The Bertz CT molecular complexity index is 951. The molecule has 0 bridgehead atoms. The summed E-state index contributed by atoms with van der Waals surface area (Å²) >= 11 is 24.1. The number of ether oxygens (including phenoxy) is 1. The van der Waals surface area contributed by atoms with E-state index in [-0.39, 0.29) is 21.1 Å². The number of halogens is 4. The zero-order chi connectivity index (χ0) is 19.4. The van der Waals surface area contributed by atoms with Gasteiger partial charge in [0.2, 0.25) is 5.88 Å². The summed E-state index contributed by atoms with van der Waals surface area (Å²) in [5, 5.41) is 4.42. The lowest BCUT2D eigenvalue weighted by atomic mass is 10.2. The second-order valence-corrected chi connectivity index (χ2v) is 7.03. The maximum absolute atomic E-state index is 6.28. The average Bonchev–Trinajstić information content (AvgIpc) is 2.66. The number of pyridine rings is 1. The van der Waals surface area contributed by atoms with Gasteiger partial charge in [0.05, 0.1) is 10.7 Å². The van der Waals surface area contributed by atoms with Gasteiger partial charge < -0.3 is 10.1 Å². The van der Waals surface area contributed by atoms with Gasteiger partial charge in [-0.25, -0.2) is 9.97 Å². The maximum Gasteiger partial charge on any atom is 0.239 e. The molecule has 2 heterocycles. The number of anilines is 1. The van der Waals surface area contributed by atoms with Crippen molar-refractivity contribution in [1.29, 1.82) is 0 Å². The van der Waals surface area contributed by atoms with Gasteiger partial charge in [0.1, 0.15) is 27.9 Å². The zero-order valence-corrected chi connectivity index (χ0v) is 17.2. The third-order valence-electron chi connectivity index (χ3n) is 3.65. The van der Waals surface area contributed by atoms with Crippen molar-refractivity contribution in [3.8, 4) is 11.6 Å². The Morgan fingerprint density at radius 2 is 1.74 bits per heavy atom. The van der Waals surface area contributed by atoms with E-state index in [1.807, 2.05) is 19.1 Å². The molecule has 0 saturated carbocycles. The highest BCUT2D eigenvalue weighted by atomic mass is 35.5. The number of nitrogens with one attached hydrogen (secondary N) is 1. The first kappa shape index (κ1) is 20.0. The van der Waals surface area contributed by atoms with Crippen LogP contribution in [0.15, 0.2) is 36.7 Å². The summed E-state index contributed by atoms with van der Waals surface area (Å²) in [6.45, 7) is 2.54. The van der Waals surface area contributed by atoms with Crippen LogP contribution in [0.2, 0.25) is 20.2 Å². The number of rotatable bonds is 6. The quantitative estimate of drug-likeness (QED) is 0.443. The highest BCUT2D eigenvalue weighted by Crippen LogP contribution is 2.33. The third kappa shape index (κ3) is 4.93. The van der Waals surface area contributed by atoms with E-state index in [0.29, 0.717) is 23.1 Å². The van der Waals surface area contributed by atoms with E-state index < -0.39 is 0 Å². The molecule has 1 N–H and O–H groups in total. The minimum atomic E-state index is 0.130. The molecule has 0 unspecified atom stereocenters. The van der Waals surface area contributed by atoms with Crippen molar-refractivity contribution in [2.75, 3.05) is 5.32 Å². The first-order valence-corrected chi connectivity index (χ1v) is 9.50. The van der Waals surface area contributed by atoms with Crippen molar-refractivity contribution in [2.24, 2.45) is 0 Å². The Morgan fingerprint density at radius 3 is 2.44 bits per heavy atom. The molecule has 0 radical (unpaired) electrons. The van der Waals surface area contributed by atoms with E-state index in [9.17, 15) is 0 Å². The van der Waals surface area contributed by atoms with Crippen LogP contribution in [0.25, 0.3) is 0 Å². The summed E-state index contributed by atoms with van der Waals surface area (Å²) in [6.07, 6.45) is 2.24. The molecule has 5 nitrogen and oxygen atoms in total. The van der Waals surface area contributed by atoms with E-state index in [0.717, 1.165) is 17.7 Å². The predicted molar refractivity (Wildman–Crippen MR) is 110 cm³/mol. The van der Waals surface area contributed by atoms with Gasteiger partial charge in [-0.05, 0) is 30.2 Å². The van der Waals surface area contributed by atoms with Crippen LogP contribution < -0.4 is 10.1 Å². The van der Waals surface area contributed by atoms with E-state index in [1.54, 1.807) is 12.1 Å². The van der Waals surface area contributed by atoms with E-state index in [4.69, 9.17) is 51.1 Å². The molecular weight excluding hydrogens is 430 g/mol. The van der Waals surface area contributed by atoms with Crippen LogP contribution >= 0.6 is 46.4 Å². The number of hydrogen-bond acceptors (Lipinski definition) is 5. The van der Waals surface area contributed by atoms with Crippen molar-refractivity contribution < 1.29 is 4.74 Å². The van der Waals surface area contributed by atoms with Crippen LogP contribution in [-0.2, 0) is 13.0 Å². The largest absolute Gasteiger partial charge is 0.437 e. The van der Waals surface area contributed by atoms with E-state index in [1.165, 1.54) is 12.4 Å². The molecule has 0 atom stereocenters. The lowest BCUT2D eigenvalue weighted by molar-refractivity contribution is 0.463. The van der Waals surface area contributed by atoms with Crippen LogP contribution in [0, 0.1) is 0 Å². The van der Waals surface area contributed by atoms with Gasteiger partial charge in [-0.2, -0.15) is 4.98 Å². The van der Waals surface area contributed by atoms with Crippen molar-refractivity contribution >= 4 is 52.2 Å².